The van der Waals surface area contributed by atoms with Crippen LogP contribution in [-0.2, 0) is 13.6 Å². The van der Waals surface area contributed by atoms with E-state index in [-0.39, 0.29) is 0 Å². The van der Waals surface area contributed by atoms with Gasteiger partial charge in [-0.3, -0.25) is 4.57 Å². The summed E-state index contributed by atoms with van der Waals surface area (Å²) >= 11 is 0. The maximum Gasteiger partial charge on any atom is 0.459 e. The third-order valence-electron chi connectivity index (χ3n) is 2.27. The van der Waals surface area contributed by atoms with Gasteiger partial charge in [-0.15, -0.1) is 0 Å². The summed E-state index contributed by atoms with van der Waals surface area (Å²) in [5.74, 6) is -11.8. The fourth-order valence-corrected chi connectivity index (χ4v) is 2.26. The van der Waals surface area contributed by atoms with Gasteiger partial charge in [0.15, 0.2) is 0 Å². The van der Waals surface area contributed by atoms with E-state index < -0.39 is 51.4 Å². The molecule has 114 valence electrons. The summed E-state index contributed by atoms with van der Waals surface area (Å²) in [5.41, 5.74) is 0. The van der Waals surface area contributed by atoms with E-state index in [1.165, 1.54) is 0 Å². The Hall–Kier alpha value is -0.380. The number of hydrogen-bond acceptors (Lipinski definition) is 4. The maximum atomic E-state index is 13.0. The molecule has 0 aromatic carbocycles. The summed E-state index contributed by atoms with van der Waals surface area (Å²) in [6, 6.07) is 0. The van der Waals surface area contributed by atoms with Crippen molar-refractivity contribution in [1.82, 2.24) is 0 Å². The van der Waals surface area contributed by atoms with Crippen molar-refractivity contribution in [2.45, 2.75) is 37.0 Å². The highest BCUT2D eigenvalue weighted by atomic mass is 31.2. The van der Waals surface area contributed by atoms with Gasteiger partial charge < -0.3 is 13.9 Å². The zero-order valence-corrected chi connectivity index (χ0v) is 9.82. The molecule has 0 aromatic heterocycles. The van der Waals surface area contributed by atoms with E-state index in [1.807, 2.05) is 0 Å². The molecule has 1 aliphatic rings. The van der Waals surface area contributed by atoms with Gasteiger partial charge in [0.25, 0.3) is 7.82 Å². The maximum absolute atomic E-state index is 13.0. The zero-order valence-electron chi connectivity index (χ0n) is 8.92. The molecule has 0 aromatic rings. The van der Waals surface area contributed by atoms with Gasteiger partial charge >= 0.3 is 18.0 Å². The van der Waals surface area contributed by atoms with E-state index in [2.05, 4.69) is 9.05 Å². The minimum Gasteiger partial charge on any atom is -0.756 e. The molecule has 1 rings (SSSR count). The van der Waals surface area contributed by atoms with E-state index in [4.69, 9.17) is 0 Å². The van der Waals surface area contributed by atoms with Crippen molar-refractivity contribution in [1.29, 1.82) is 0 Å². The van der Waals surface area contributed by atoms with Crippen LogP contribution in [0.15, 0.2) is 0 Å². The van der Waals surface area contributed by atoms with Crippen LogP contribution in [-0.4, -0.2) is 30.7 Å². The van der Waals surface area contributed by atoms with Crippen molar-refractivity contribution in [3.8, 4) is 0 Å². The molecule has 0 N–H and O–H groups in total. The zero-order chi connectivity index (χ0) is 15.1. The quantitative estimate of drug-likeness (QED) is 0.592. The summed E-state index contributed by atoms with van der Waals surface area (Å²) in [5, 5.41) is 0. The van der Waals surface area contributed by atoms with E-state index in [9.17, 15) is 40.2 Å². The summed E-state index contributed by atoms with van der Waals surface area (Å²) in [6.45, 7) is -0.626. The Morgan fingerprint density at radius 1 is 1.16 bits per heavy atom. The third-order valence-corrected chi connectivity index (χ3v) is 3.32. The highest BCUT2D eigenvalue weighted by Gasteiger charge is 2.73. The first-order valence-electron chi connectivity index (χ1n) is 4.75. The van der Waals surface area contributed by atoms with Crippen LogP contribution in [0.1, 0.15) is 12.8 Å². The van der Waals surface area contributed by atoms with Crippen molar-refractivity contribution in [2.75, 3.05) is 6.61 Å². The van der Waals surface area contributed by atoms with Gasteiger partial charge in [0, 0.05) is 6.42 Å². The molecule has 12 heteroatoms. The number of rotatable bonds is 3. The topological polar surface area (TPSA) is 58.6 Å². The smallest absolute Gasteiger partial charge is 0.459 e. The summed E-state index contributed by atoms with van der Waals surface area (Å²) < 4.78 is 105. The Labute approximate surface area is 102 Å². The van der Waals surface area contributed by atoms with Crippen LogP contribution in [0.4, 0.5) is 30.7 Å². The second-order valence-electron chi connectivity index (χ2n) is 3.78. The lowest BCUT2D eigenvalue weighted by Crippen LogP contribution is -2.53. The Kier molecular flexibility index (Phi) is 4.27. The van der Waals surface area contributed by atoms with Gasteiger partial charge in [0.2, 0.25) is 0 Å². The van der Waals surface area contributed by atoms with Crippen LogP contribution in [0.5, 0.6) is 0 Å². The Morgan fingerprint density at radius 2 is 1.68 bits per heavy atom. The molecule has 1 fully saturated rings. The van der Waals surface area contributed by atoms with Crippen LogP contribution < -0.4 is 4.89 Å². The van der Waals surface area contributed by atoms with E-state index in [0.717, 1.165) is 0 Å². The number of alkyl halides is 7. The molecular weight excluding hydrogens is 312 g/mol. The van der Waals surface area contributed by atoms with Crippen LogP contribution >= 0.6 is 7.82 Å². The highest BCUT2D eigenvalue weighted by Crippen LogP contribution is 2.51. The predicted octanol–water partition coefficient (Wildman–Crippen LogP) is 2.48. The molecule has 0 aliphatic carbocycles. The Bertz CT molecular complexity index is 382. The minimum atomic E-state index is -6.46. The first kappa shape index (κ1) is 16.7. The van der Waals surface area contributed by atoms with Crippen LogP contribution in [0.3, 0.4) is 0 Å². The molecule has 0 spiro atoms. The molecule has 1 saturated heterocycles. The number of phosphoric ester groups is 1. The second kappa shape index (κ2) is 4.87. The molecule has 19 heavy (non-hydrogen) atoms. The first-order chi connectivity index (χ1) is 8.29. The highest BCUT2D eigenvalue weighted by molar-refractivity contribution is 7.45. The molecule has 4 nitrogen and oxygen atoms in total. The molecule has 2 atom stereocenters. The lowest BCUT2D eigenvalue weighted by atomic mass is 10.0. The van der Waals surface area contributed by atoms with E-state index in [0.29, 0.717) is 0 Å². The van der Waals surface area contributed by atoms with Gasteiger partial charge in [-0.1, -0.05) is 0 Å². The first-order valence-corrected chi connectivity index (χ1v) is 6.21. The van der Waals surface area contributed by atoms with Crippen molar-refractivity contribution in [3.63, 3.8) is 0 Å². The largest absolute Gasteiger partial charge is 0.756 e. The number of halogens is 7. The summed E-state index contributed by atoms with van der Waals surface area (Å²) in [6.07, 6.45) is -11.1. The average molecular weight is 319 g/mol. The Balaban J connectivity index is 2.82. The van der Waals surface area contributed by atoms with Crippen molar-refractivity contribution >= 4 is 7.82 Å². The molecular formula is C7H7F7O4P-. The van der Waals surface area contributed by atoms with Crippen LogP contribution in [0.2, 0.25) is 0 Å². The molecule has 1 aliphatic heterocycles. The van der Waals surface area contributed by atoms with Crippen molar-refractivity contribution < 1.29 is 49.2 Å². The lowest BCUT2D eigenvalue weighted by molar-refractivity contribution is -0.359. The van der Waals surface area contributed by atoms with Gasteiger partial charge in [-0.05, 0) is 6.42 Å². The van der Waals surface area contributed by atoms with E-state index >= 15 is 0 Å². The van der Waals surface area contributed by atoms with Gasteiger partial charge in [0.05, 0.1) is 12.7 Å². The van der Waals surface area contributed by atoms with E-state index in [1.54, 1.807) is 0 Å². The fourth-order valence-electron chi connectivity index (χ4n) is 1.32. The molecule has 0 saturated carbocycles. The molecule has 1 heterocycles. The molecule has 0 amide bonds. The molecule has 0 radical (unpaired) electrons. The molecule has 2 unspecified atom stereocenters. The number of hydrogen-bond donors (Lipinski definition) is 0. The number of phosphoric acid groups is 1. The van der Waals surface area contributed by atoms with Gasteiger partial charge in [-0.25, -0.2) is 0 Å². The Morgan fingerprint density at radius 3 is 2.11 bits per heavy atom. The van der Waals surface area contributed by atoms with Crippen molar-refractivity contribution in [3.05, 3.63) is 0 Å². The standard InChI is InChI=1S/C7H8F7O4P/c8-5(9,6(10,11)7(12,13)14)3-4-1-2-17-19(15,16)18-4/h4H,1-3H2,(H,15,16)/p-1. The summed E-state index contributed by atoms with van der Waals surface area (Å²) in [7, 11) is -4.93. The summed E-state index contributed by atoms with van der Waals surface area (Å²) in [4.78, 5) is 10.7. The van der Waals surface area contributed by atoms with Crippen molar-refractivity contribution in [2.24, 2.45) is 0 Å². The second-order valence-corrected chi connectivity index (χ2v) is 5.14. The minimum absolute atomic E-state index is 0.546. The fraction of sp³-hybridized carbons (Fsp3) is 1.00. The van der Waals surface area contributed by atoms with Gasteiger partial charge in [0.1, 0.15) is 0 Å². The third kappa shape index (κ3) is 3.59. The van der Waals surface area contributed by atoms with Crippen LogP contribution in [0, 0.1) is 0 Å². The van der Waals surface area contributed by atoms with Gasteiger partial charge in [-0.2, -0.15) is 30.7 Å². The lowest BCUT2D eigenvalue weighted by Gasteiger charge is -2.36. The van der Waals surface area contributed by atoms with Crippen LogP contribution in [0.25, 0.3) is 0 Å². The molecule has 0 bridgehead atoms. The predicted molar refractivity (Wildman–Crippen MR) is 43.6 cm³/mol. The average Bonchev–Trinajstić information content (AvgIpc) is 2.12. The normalized spacial score (nSPS) is 30.4. The SMILES string of the molecule is O=P1([O-])OCCC(CC(F)(F)C(F)(F)C(F)(F)F)O1. The monoisotopic (exact) mass is 319 g/mol.